The topological polar surface area (TPSA) is 117 Å². The Bertz CT molecular complexity index is 1200. The maximum atomic E-state index is 12.7. The van der Waals surface area contributed by atoms with E-state index in [2.05, 4.69) is 20.3 Å². The molecule has 0 fully saturated rings. The number of nitrogens with one attached hydrogen (secondary N) is 3. The van der Waals surface area contributed by atoms with Crippen LogP contribution in [-0.2, 0) is 19.6 Å². The third-order valence-corrected chi connectivity index (χ3v) is 6.23. The van der Waals surface area contributed by atoms with E-state index >= 15 is 0 Å². The van der Waals surface area contributed by atoms with Gasteiger partial charge in [-0.25, -0.2) is 13.4 Å². The second-order valence-corrected chi connectivity index (χ2v) is 8.92. The Hall–Kier alpha value is -2.98. The molecule has 2 aromatic carbocycles. The van der Waals surface area contributed by atoms with E-state index in [1.807, 2.05) is 6.92 Å². The molecule has 0 saturated heterocycles. The first-order valence-corrected chi connectivity index (χ1v) is 10.2. The van der Waals surface area contributed by atoms with Gasteiger partial charge in [0.25, 0.3) is 10.0 Å². The smallest absolute Gasteiger partial charge is 0.261 e. The van der Waals surface area contributed by atoms with Gasteiger partial charge in [0.2, 0.25) is 11.8 Å². The lowest BCUT2D eigenvalue weighted by Gasteiger charge is -2.12. The number of rotatable bonds is 3. The van der Waals surface area contributed by atoms with Crippen LogP contribution in [0.5, 0.6) is 0 Å². The van der Waals surface area contributed by atoms with E-state index in [0.29, 0.717) is 11.4 Å². The van der Waals surface area contributed by atoms with Gasteiger partial charge in [-0.15, -0.1) is 11.3 Å². The van der Waals surface area contributed by atoms with Crippen LogP contribution in [0.15, 0.2) is 41.3 Å². The summed E-state index contributed by atoms with van der Waals surface area (Å²) >= 11 is 1.48. The molecule has 2 amide bonds. The number of hydrogen-bond acceptors (Lipinski definition) is 6. The maximum absolute atomic E-state index is 12.7. The fourth-order valence-electron chi connectivity index (χ4n) is 2.75. The fraction of sp³-hybridized carbons (Fsp3) is 0.118. The van der Waals surface area contributed by atoms with E-state index in [9.17, 15) is 18.0 Å². The molecule has 10 heteroatoms. The molecule has 1 aliphatic rings. The average Bonchev–Trinajstić information content (AvgIpc) is 2.87. The molecule has 138 valence electrons. The molecule has 27 heavy (non-hydrogen) atoms. The lowest BCUT2D eigenvalue weighted by atomic mass is 10.2. The number of anilines is 3. The Morgan fingerprint density at radius 3 is 2.56 bits per heavy atom. The Morgan fingerprint density at radius 1 is 1.04 bits per heavy atom. The van der Waals surface area contributed by atoms with Crippen LogP contribution in [0.2, 0.25) is 0 Å². The lowest BCUT2D eigenvalue weighted by molar-refractivity contribution is -0.123. The zero-order valence-electron chi connectivity index (χ0n) is 14.1. The van der Waals surface area contributed by atoms with Crippen molar-refractivity contribution in [1.82, 2.24) is 4.98 Å². The molecule has 0 spiro atoms. The molecule has 4 rings (SSSR count). The summed E-state index contributed by atoms with van der Waals surface area (Å²) in [4.78, 5) is 27.6. The summed E-state index contributed by atoms with van der Waals surface area (Å²) in [5.41, 5.74) is 1.82. The normalized spacial score (nSPS) is 14.3. The summed E-state index contributed by atoms with van der Waals surface area (Å²) in [5, 5.41) is 5.99. The number of amides is 2. The molecule has 1 aliphatic heterocycles. The van der Waals surface area contributed by atoms with E-state index in [1.54, 1.807) is 18.2 Å². The average molecular weight is 402 g/mol. The van der Waals surface area contributed by atoms with Gasteiger partial charge < -0.3 is 10.6 Å². The monoisotopic (exact) mass is 402 g/mol. The van der Waals surface area contributed by atoms with Crippen LogP contribution in [0, 0.1) is 6.92 Å². The van der Waals surface area contributed by atoms with E-state index < -0.39 is 21.8 Å². The minimum Gasteiger partial charge on any atom is -0.324 e. The van der Waals surface area contributed by atoms with E-state index in [1.165, 1.54) is 29.5 Å². The van der Waals surface area contributed by atoms with Crippen LogP contribution < -0.4 is 15.4 Å². The molecule has 0 bridgehead atoms. The van der Waals surface area contributed by atoms with Gasteiger partial charge in [-0.1, -0.05) is 0 Å². The Kier molecular flexibility index (Phi) is 4.08. The second kappa shape index (κ2) is 6.32. The SMILES string of the molecule is Cc1nc2ccc(NS(=O)(=O)c3ccc4c(c3)NC(=O)CC(=O)N4)cc2s1. The third-order valence-electron chi connectivity index (χ3n) is 3.92. The lowest BCUT2D eigenvalue weighted by Crippen LogP contribution is -2.16. The number of aryl methyl sites for hydroxylation is 1. The number of carbonyl (C=O) groups is 2. The number of thiazole rings is 1. The molecule has 0 saturated carbocycles. The van der Waals surface area contributed by atoms with Crippen LogP contribution in [0.4, 0.5) is 17.1 Å². The highest BCUT2D eigenvalue weighted by Crippen LogP contribution is 2.30. The van der Waals surface area contributed by atoms with Crippen LogP contribution in [0.25, 0.3) is 10.2 Å². The van der Waals surface area contributed by atoms with Crippen LogP contribution in [0.1, 0.15) is 11.4 Å². The summed E-state index contributed by atoms with van der Waals surface area (Å²) in [6.07, 6.45) is -0.316. The van der Waals surface area contributed by atoms with Gasteiger partial charge in [-0.3, -0.25) is 14.3 Å². The summed E-state index contributed by atoms with van der Waals surface area (Å²) < 4.78 is 28.9. The molecule has 1 aromatic heterocycles. The minimum absolute atomic E-state index is 0.0294. The number of benzene rings is 2. The molecule has 0 radical (unpaired) electrons. The van der Waals surface area contributed by atoms with Crippen molar-refractivity contribution < 1.29 is 18.0 Å². The Balaban J connectivity index is 1.67. The van der Waals surface area contributed by atoms with Crippen molar-refractivity contribution in [3.63, 3.8) is 0 Å². The minimum atomic E-state index is -3.88. The first-order valence-electron chi connectivity index (χ1n) is 7.94. The second-order valence-electron chi connectivity index (χ2n) is 6.00. The highest BCUT2D eigenvalue weighted by molar-refractivity contribution is 7.92. The van der Waals surface area contributed by atoms with Gasteiger partial charge >= 0.3 is 0 Å². The molecule has 0 aliphatic carbocycles. The van der Waals surface area contributed by atoms with Crippen molar-refractivity contribution in [2.24, 2.45) is 0 Å². The summed E-state index contributed by atoms with van der Waals surface area (Å²) in [6.45, 7) is 1.89. The number of carbonyl (C=O) groups excluding carboxylic acids is 2. The van der Waals surface area contributed by atoms with Gasteiger partial charge in [-0.2, -0.15) is 0 Å². The molecule has 3 N–H and O–H groups in total. The van der Waals surface area contributed by atoms with Gasteiger partial charge in [0.05, 0.1) is 37.2 Å². The van der Waals surface area contributed by atoms with Crippen molar-refractivity contribution in [2.45, 2.75) is 18.2 Å². The van der Waals surface area contributed by atoms with Crippen LogP contribution >= 0.6 is 11.3 Å². The maximum Gasteiger partial charge on any atom is 0.261 e. The van der Waals surface area contributed by atoms with Gasteiger partial charge in [-0.05, 0) is 43.3 Å². The van der Waals surface area contributed by atoms with Crippen molar-refractivity contribution in [3.05, 3.63) is 41.4 Å². The molecular formula is C17H14N4O4S2. The first kappa shape index (κ1) is 17.4. The number of nitrogens with zero attached hydrogens (tertiary/aromatic N) is 1. The molecule has 3 aromatic rings. The number of hydrogen-bond donors (Lipinski definition) is 3. The Labute approximate surface area is 158 Å². The predicted octanol–water partition coefficient (Wildman–Crippen LogP) is 2.69. The molecule has 2 heterocycles. The first-order chi connectivity index (χ1) is 12.8. The summed E-state index contributed by atoms with van der Waals surface area (Å²) in [5.74, 6) is -0.951. The van der Waals surface area contributed by atoms with E-state index in [0.717, 1.165) is 15.2 Å². The highest BCUT2D eigenvalue weighted by Gasteiger charge is 2.22. The summed E-state index contributed by atoms with van der Waals surface area (Å²) in [7, 11) is -3.88. The van der Waals surface area contributed by atoms with Gasteiger partial charge in [0.15, 0.2) is 0 Å². The van der Waals surface area contributed by atoms with Crippen LogP contribution in [0.3, 0.4) is 0 Å². The van der Waals surface area contributed by atoms with Crippen molar-refractivity contribution in [3.8, 4) is 0 Å². The Morgan fingerprint density at radius 2 is 1.78 bits per heavy atom. The largest absolute Gasteiger partial charge is 0.324 e. The highest BCUT2D eigenvalue weighted by atomic mass is 32.2. The number of aromatic nitrogens is 1. The van der Waals surface area contributed by atoms with Gasteiger partial charge in [0.1, 0.15) is 6.42 Å². The van der Waals surface area contributed by atoms with Crippen molar-refractivity contribution in [1.29, 1.82) is 0 Å². The quantitative estimate of drug-likeness (QED) is 0.582. The standard InChI is InChI=1S/C17H14N4O4S2/c1-9-18-13-4-2-10(6-15(13)26-9)21-27(24,25)11-3-5-12-14(7-11)20-17(23)8-16(22)19-12/h2-7,21H,8H2,1H3,(H,19,22)(H,20,23). The zero-order valence-corrected chi connectivity index (χ0v) is 15.7. The summed E-state index contributed by atoms with van der Waals surface area (Å²) in [6, 6.07) is 9.25. The number of fused-ring (bicyclic) bond motifs is 2. The van der Waals surface area contributed by atoms with Crippen molar-refractivity contribution >= 4 is 60.5 Å². The molecule has 0 atom stereocenters. The molecule has 8 nitrogen and oxygen atoms in total. The van der Waals surface area contributed by atoms with E-state index in [4.69, 9.17) is 0 Å². The van der Waals surface area contributed by atoms with Crippen molar-refractivity contribution in [2.75, 3.05) is 15.4 Å². The fourth-order valence-corrected chi connectivity index (χ4v) is 4.70. The molecular weight excluding hydrogens is 388 g/mol. The van der Waals surface area contributed by atoms with Gasteiger partial charge in [0, 0.05) is 0 Å². The number of sulfonamides is 1. The third kappa shape index (κ3) is 3.49. The van der Waals surface area contributed by atoms with Crippen LogP contribution in [-0.4, -0.2) is 25.2 Å². The molecule has 0 unspecified atom stereocenters. The van der Waals surface area contributed by atoms with E-state index in [-0.39, 0.29) is 17.0 Å². The predicted molar refractivity (Wildman–Crippen MR) is 103 cm³/mol. The zero-order chi connectivity index (χ0) is 19.2.